The van der Waals surface area contributed by atoms with Gasteiger partial charge in [-0.1, -0.05) is 65.7 Å². The summed E-state index contributed by atoms with van der Waals surface area (Å²) in [6.07, 6.45) is 2.01. The fraction of sp³-hybridized carbons (Fsp3) is 0.296. The molecule has 1 saturated heterocycles. The summed E-state index contributed by atoms with van der Waals surface area (Å²) >= 11 is 7.99. The van der Waals surface area contributed by atoms with Crippen LogP contribution in [-0.4, -0.2) is 48.1 Å². The van der Waals surface area contributed by atoms with Gasteiger partial charge < -0.3 is 4.90 Å². The maximum absolute atomic E-state index is 13.2. The number of piperazine rings is 1. The standard InChI is InChI=1S/C27H29ClN2OS/c1-19-9-10-20(2)23(17-19)26(21-7-5-4-6-8-21)29-13-15-30(16-14-29)27(31)24-18-22(32-3)11-12-25(24)28/h4-12,17-18,26H,13-16H2,1-3H3. The number of halogens is 1. The normalized spacial score (nSPS) is 15.6. The molecule has 0 radical (unpaired) electrons. The SMILES string of the molecule is CSc1ccc(Cl)c(C(=O)N2CCN(C(c3ccccc3)c3cc(C)ccc3C)CC2)c1. The number of thioether (sulfide) groups is 1. The van der Waals surface area contributed by atoms with Crippen LogP contribution in [0.25, 0.3) is 0 Å². The Morgan fingerprint density at radius 3 is 2.34 bits per heavy atom. The lowest BCUT2D eigenvalue weighted by Gasteiger charge is -2.40. The van der Waals surface area contributed by atoms with Crippen LogP contribution in [0.2, 0.25) is 5.02 Å². The summed E-state index contributed by atoms with van der Waals surface area (Å²) in [5.41, 5.74) is 5.79. The molecule has 0 N–H and O–H groups in total. The molecule has 0 bridgehead atoms. The van der Waals surface area contributed by atoms with E-state index in [0.29, 0.717) is 23.7 Å². The van der Waals surface area contributed by atoms with Gasteiger partial charge in [-0.2, -0.15) is 0 Å². The van der Waals surface area contributed by atoms with Crippen LogP contribution in [0, 0.1) is 13.8 Å². The van der Waals surface area contributed by atoms with Crippen molar-refractivity contribution in [3.63, 3.8) is 0 Å². The van der Waals surface area contributed by atoms with Crippen LogP contribution < -0.4 is 0 Å². The van der Waals surface area contributed by atoms with Crippen molar-refractivity contribution in [2.45, 2.75) is 24.8 Å². The first-order chi connectivity index (χ1) is 15.5. The van der Waals surface area contributed by atoms with Gasteiger partial charge in [0.15, 0.2) is 0 Å². The first-order valence-electron chi connectivity index (χ1n) is 11.0. The third kappa shape index (κ3) is 4.88. The summed E-state index contributed by atoms with van der Waals surface area (Å²) in [4.78, 5) is 18.7. The Labute approximate surface area is 200 Å². The van der Waals surface area contributed by atoms with Crippen molar-refractivity contribution in [2.75, 3.05) is 32.4 Å². The summed E-state index contributed by atoms with van der Waals surface area (Å²) in [6, 6.07) is 23.2. The monoisotopic (exact) mass is 464 g/mol. The zero-order valence-corrected chi connectivity index (χ0v) is 20.4. The highest BCUT2D eigenvalue weighted by atomic mass is 35.5. The summed E-state index contributed by atoms with van der Waals surface area (Å²) in [5.74, 6) is 0.0218. The molecule has 32 heavy (non-hydrogen) atoms. The lowest BCUT2D eigenvalue weighted by atomic mass is 9.92. The molecule has 0 aliphatic carbocycles. The van der Waals surface area contributed by atoms with E-state index in [1.807, 2.05) is 29.4 Å². The number of carbonyl (C=O) groups excluding carboxylic acids is 1. The van der Waals surface area contributed by atoms with Crippen molar-refractivity contribution < 1.29 is 4.79 Å². The highest BCUT2D eigenvalue weighted by Gasteiger charge is 2.30. The summed E-state index contributed by atoms with van der Waals surface area (Å²) in [6.45, 7) is 7.34. The molecule has 5 heteroatoms. The van der Waals surface area contributed by atoms with Gasteiger partial charge in [-0.05, 0) is 55.0 Å². The Morgan fingerprint density at radius 1 is 0.938 bits per heavy atom. The predicted octanol–water partition coefficient (Wildman–Crippen LogP) is 6.23. The van der Waals surface area contributed by atoms with Gasteiger partial charge in [0.2, 0.25) is 0 Å². The van der Waals surface area contributed by atoms with Gasteiger partial charge in [0, 0.05) is 31.1 Å². The zero-order valence-electron chi connectivity index (χ0n) is 18.8. The maximum atomic E-state index is 13.2. The number of carbonyl (C=O) groups is 1. The highest BCUT2D eigenvalue weighted by molar-refractivity contribution is 7.98. The van der Waals surface area contributed by atoms with Crippen molar-refractivity contribution in [1.82, 2.24) is 9.80 Å². The fourth-order valence-corrected chi connectivity index (χ4v) is 5.06. The highest BCUT2D eigenvalue weighted by Crippen LogP contribution is 2.33. The van der Waals surface area contributed by atoms with Gasteiger partial charge in [-0.3, -0.25) is 9.69 Å². The minimum absolute atomic E-state index is 0.0218. The molecule has 1 amide bonds. The fourth-order valence-electron chi connectivity index (χ4n) is 4.43. The van der Waals surface area contributed by atoms with E-state index in [-0.39, 0.29) is 11.9 Å². The first kappa shape index (κ1) is 22.9. The largest absolute Gasteiger partial charge is 0.336 e. The second-order valence-corrected chi connectivity index (χ2v) is 9.63. The van der Waals surface area contributed by atoms with E-state index < -0.39 is 0 Å². The molecule has 0 aromatic heterocycles. The average Bonchev–Trinajstić information content (AvgIpc) is 2.82. The van der Waals surface area contributed by atoms with Crippen LogP contribution in [0.15, 0.2) is 71.6 Å². The minimum atomic E-state index is 0.0218. The van der Waals surface area contributed by atoms with Gasteiger partial charge >= 0.3 is 0 Å². The van der Waals surface area contributed by atoms with E-state index in [0.717, 1.165) is 18.0 Å². The van der Waals surface area contributed by atoms with Crippen molar-refractivity contribution in [1.29, 1.82) is 0 Å². The number of hydrogen-bond acceptors (Lipinski definition) is 3. The van der Waals surface area contributed by atoms with Gasteiger partial charge in [0.05, 0.1) is 16.6 Å². The second-order valence-electron chi connectivity index (χ2n) is 8.35. The van der Waals surface area contributed by atoms with E-state index in [1.54, 1.807) is 11.8 Å². The van der Waals surface area contributed by atoms with E-state index in [4.69, 9.17) is 11.6 Å². The van der Waals surface area contributed by atoms with Gasteiger partial charge in [-0.15, -0.1) is 11.8 Å². The molecule has 1 fully saturated rings. The number of aryl methyl sites for hydroxylation is 2. The molecule has 166 valence electrons. The Balaban J connectivity index is 1.57. The lowest BCUT2D eigenvalue weighted by Crippen LogP contribution is -2.50. The average molecular weight is 465 g/mol. The van der Waals surface area contributed by atoms with Gasteiger partial charge in [0.25, 0.3) is 5.91 Å². The van der Waals surface area contributed by atoms with Gasteiger partial charge in [-0.25, -0.2) is 0 Å². The molecular weight excluding hydrogens is 436 g/mol. The van der Waals surface area contributed by atoms with E-state index >= 15 is 0 Å². The Hall–Kier alpha value is -2.27. The molecule has 0 spiro atoms. The Morgan fingerprint density at radius 2 is 1.66 bits per heavy atom. The first-order valence-corrected chi connectivity index (χ1v) is 12.6. The summed E-state index contributed by atoms with van der Waals surface area (Å²) in [5, 5.41) is 0.521. The van der Waals surface area contributed by atoms with E-state index in [2.05, 4.69) is 67.3 Å². The van der Waals surface area contributed by atoms with Crippen molar-refractivity contribution in [2.24, 2.45) is 0 Å². The van der Waals surface area contributed by atoms with Crippen LogP contribution in [0.3, 0.4) is 0 Å². The quantitative estimate of drug-likeness (QED) is 0.418. The summed E-state index contributed by atoms with van der Waals surface area (Å²) in [7, 11) is 0. The number of hydrogen-bond donors (Lipinski definition) is 0. The predicted molar refractivity (Wildman–Crippen MR) is 135 cm³/mol. The van der Waals surface area contributed by atoms with Crippen LogP contribution in [0.5, 0.6) is 0 Å². The second kappa shape index (κ2) is 10.1. The third-order valence-electron chi connectivity index (χ3n) is 6.22. The molecule has 1 heterocycles. The molecule has 4 rings (SSSR count). The molecule has 3 aromatic rings. The lowest BCUT2D eigenvalue weighted by molar-refractivity contribution is 0.0597. The van der Waals surface area contributed by atoms with Crippen LogP contribution in [0.4, 0.5) is 0 Å². The number of benzene rings is 3. The third-order valence-corrected chi connectivity index (χ3v) is 7.27. The molecule has 1 atom stereocenters. The maximum Gasteiger partial charge on any atom is 0.255 e. The Bertz CT molecular complexity index is 1090. The number of nitrogens with zero attached hydrogens (tertiary/aromatic N) is 2. The number of amides is 1. The van der Waals surface area contributed by atoms with Gasteiger partial charge in [0.1, 0.15) is 0 Å². The summed E-state index contributed by atoms with van der Waals surface area (Å²) < 4.78 is 0. The molecule has 0 saturated carbocycles. The molecule has 1 unspecified atom stereocenters. The van der Waals surface area contributed by atoms with Crippen LogP contribution in [0.1, 0.15) is 38.7 Å². The minimum Gasteiger partial charge on any atom is -0.336 e. The van der Waals surface area contributed by atoms with Crippen molar-refractivity contribution >= 4 is 29.3 Å². The molecule has 1 aliphatic rings. The topological polar surface area (TPSA) is 23.6 Å². The molecular formula is C27H29ClN2OS. The van der Waals surface area contributed by atoms with Crippen LogP contribution in [-0.2, 0) is 0 Å². The zero-order chi connectivity index (χ0) is 22.7. The van der Waals surface area contributed by atoms with E-state index in [1.165, 1.54) is 22.3 Å². The Kier molecular flexibility index (Phi) is 7.24. The van der Waals surface area contributed by atoms with E-state index in [9.17, 15) is 4.79 Å². The number of rotatable bonds is 5. The molecule has 3 aromatic carbocycles. The molecule has 3 nitrogen and oxygen atoms in total. The smallest absolute Gasteiger partial charge is 0.255 e. The van der Waals surface area contributed by atoms with Crippen LogP contribution >= 0.6 is 23.4 Å². The van der Waals surface area contributed by atoms with Crippen molar-refractivity contribution in [3.8, 4) is 0 Å². The van der Waals surface area contributed by atoms with Crippen molar-refractivity contribution in [3.05, 3.63) is 99.6 Å². The molecule has 1 aliphatic heterocycles.